The molecule has 0 saturated heterocycles. The van der Waals surface area contributed by atoms with Gasteiger partial charge in [0.05, 0.1) is 12.8 Å². The van der Waals surface area contributed by atoms with E-state index in [2.05, 4.69) is 5.16 Å². The van der Waals surface area contributed by atoms with Crippen LogP contribution in [-0.2, 0) is 4.84 Å². The Morgan fingerprint density at radius 1 is 1.25 bits per heavy atom. The molecule has 0 aromatic heterocycles. The number of ether oxygens (including phenoxy) is 1. The number of benzene rings is 2. The molecule has 3 N–H and O–H groups in total. The van der Waals surface area contributed by atoms with Gasteiger partial charge in [-0.3, -0.25) is 5.21 Å². The maximum Gasteiger partial charge on any atom is 0.338 e. The number of hydrogen-bond donors (Lipinski definition) is 2. The Morgan fingerprint density at radius 2 is 2.00 bits per heavy atom. The van der Waals surface area contributed by atoms with Gasteiger partial charge in [0, 0.05) is 5.02 Å². The van der Waals surface area contributed by atoms with Crippen LogP contribution in [0.1, 0.15) is 5.56 Å². The molecule has 2 rings (SSSR count). The summed E-state index contributed by atoms with van der Waals surface area (Å²) in [5.41, 5.74) is 5.61. The van der Waals surface area contributed by atoms with Crippen molar-refractivity contribution in [3.63, 3.8) is 0 Å². The number of carbonyl (C=O) groups excluding carboxylic acids is 1. The molecule has 0 aliphatic heterocycles. The lowest BCUT2D eigenvalue weighted by atomic mass is 10.2. The van der Waals surface area contributed by atoms with E-state index >= 15 is 0 Å². The number of urea groups is 1. The van der Waals surface area contributed by atoms with Gasteiger partial charge in [0.15, 0.2) is 0 Å². The van der Waals surface area contributed by atoms with Crippen LogP contribution in [0.4, 0.5) is 4.79 Å². The number of primary amides is 1. The average Bonchev–Trinajstić information content (AvgIpc) is 2.57. The first-order valence-corrected chi connectivity index (χ1v) is 7.37. The van der Waals surface area contributed by atoms with Gasteiger partial charge in [0.1, 0.15) is 18.1 Å². The highest BCUT2D eigenvalue weighted by molar-refractivity contribution is 6.30. The van der Waals surface area contributed by atoms with Crippen molar-refractivity contribution < 1.29 is 19.6 Å². The summed E-state index contributed by atoms with van der Waals surface area (Å²) in [7, 11) is 0. The molecule has 0 bridgehead atoms. The van der Waals surface area contributed by atoms with E-state index < -0.39 is 6.03 Å². The van der Waals surface area contributed by atoms with E-state index in [-0.39, 0.29) is 13.2 Å². The van der Waals surface area contributed by atoms with Gasteiger partial charge in [-0.2, -0.15) is 0 Å². The Balaban J connectivity index is 1.87. The molecule has 2 aromatic carbocycles. The summed E-state index contributed by atoms with van der Waals surface area (Å²) >= 11 is 5.83. The van der Waals surface area contributed by atoms with Gasteiger partial charge in [0.25, 0.3) is 0 Å². The van der Waals surface area contributed by atoms with E-state index in [1.807, 2.05) is 18.2 Å². The third-order valence-corrected chi connectivity index (χ3v) is 3.08. The van der Waals surface area contributed by atoms with Gasteiger partial charge in [-0.15, -0.1) is 0 Å². The summed E-state index contributed by atoms with van der Waals surface area (Å²) in [4.78, 5) is 15.5. The minimum Gasteiger partial charge on any atom is -0.457 e. The van der Waals surface area contributed by atoms with Crippen molar-refractivity contribution in [2.75, 3.05) is 13.2 Å². The number of hydroxylamine groups is 2. The minimum atomic E-state index is -0.949. The molecular weight excluding hydrogens is 334 g/mol. The molecule has 0 aliphatic carbocycles. The third kappa shape index (κ3) is 5.79. The summed E-state index contributed by atoms with van der Waals surface area (Å²) in [6.07, 6.45) is 1.49. The average molecular weight is 350 g/mol. The van der Waals surface area contributed by atoms with Crippen LogP contribution < -0.4 is 10.5 Å². The standard InChI is InChI=1S/C16H16ClN3O4/c17-13-4-6-14(7-5-13)24-15-3-1-2-12(10-15)11-19-23-9-8-20(22)16(18)21/h1-7,10-11,22H,8-9H2,(H2,18,21)/b19-11+. The van der Waals surface area contributed by atoms with Crippen molar-refractivity contribution in [2.24, 2.45) is 10.9 Å². The number of hydrogen-bond acceptors (Lipinski definition) is 5. The van der Waals surface area contributed by atoms with E-state index in [4.69, 9.17) is 32.1 Å². The predicted molar refractivity (Wildman–Crippen MR) is 89.6 cm³/mol. The largest absolute Gasteiger partial charge is 0.457 e. The van der Waals surface area contributed by atoms with E-state index in [0.717, 1.165) is 5.56 Å². The van der Waals surface area contributed by atoms with Crippen LogP contribution in [-0.4, -0.2) is 35.7 Å². The topological polar surface area (TPSA) is 97.4 Å². The highest BCUT2D eigenvalue weighted by Crippen LogP contribution is 2.23. The van der Waals surface area contributed by atoms with E-state index in [1.165, 1.54) is 6.21 Å². The summed E-state index contributed by atoms with van der Waals surface area (Å²) in [6, 6.07) is 13.3. The summed E-state index contributed by atoms with van der Waals surface area (Å²) in [6.45, 7) is -0.0662. The molecule has 0 heterocycles. The van der Waals surface area contributed by atoms with E-state index in [9.17, 15) is 4.79 Å². The maximum atomic E-state index is 10.6. The number of halogens is 1. The smallest absolute Gasteiger partial charge is 0.338 e. The summed E-state index contributed by atoms with van der Waals surface area (Å²) in [5.74, 6) is 1.30. The number of rotatable bonds is 7. The fraction of sp³-hybridized carbons (Fsp3) is 0.125. The molecule has 0 aliphatic rings. The monoisotopic (exact) mass is 349 g/mol. The van der Waals surface area contributed by atoms with Crippen molar-refractivity contribution in [1.29, 1.82) is 0 Å². The highest BCUT2D eigenvalue weighted by atomic mass is 35.5. The van der Waals surface area contributed by atoms with E-state index in [1.54, 1.807) is 30.3 Å². The molecule has 126 valence electrons. The molecule has 0 saturated carbocycles. The second-order valence-corrected chi connectivity index (χ2v) is 5.09. The van der Waals surface area contributed by atoms with Crippen LogP contribution in [0.15, 0.2) is 53.7 Å². The van der Waals surface area contributed by atoms with Crippen molar-refractivity contribution >= 4 is 23.8 Å². The molecule has 0 atom stereocenters. The molecule has 0 fully saturated rings. The van der Waals surface area contributed by atoms with Crippen LogP contribution >= 0.6 is 11.6 Å². The fourth-order valence-corrected chi connectivity index (χ4v) is 1.81. The second-order valence-electron chi connectivity index (χ2n) is 4.66. The predicted octanol–water partition coefficient (Wildman–Crippen LogP) is 3.25. The number of oxime groups is 1. The fourth-order valence-electron chi connectivity index (χ4n) is 1.69. The molecule has 0 radical (unpaired) electrons. The molecule has 24 heavy (non-hydrogen) atoms. The van der Waals surface area contributed by atoms with Crippen LogP contribution in [0.25, 0.3) is 0 Å². The number of amides is 2. The minimum absolute atomic E-state index is 0.0108. The van der Waals surface area contributed by atoms with Crippen molar-refractivity contribution in [1.82, 2.24) is 5.06 Å². The molecule has 0 unspecified atom stereocenters. The van der Waals surface area contributed by atoms with Gasteiger partial charge < -0.3 is 15.3 Å². The first kappa shape index (κ1) is 17.6. The zero-order valence-corrected chi connectivity index (χ0v) is 13.4. The third-order valence-electron chi connectivity index (χ3n) is 2.83. The molecule has 8 heteroatoms. The lowest BCUT2D eigenvalue weighted by Gasteiger charge is -2.09. The Morgan fingerprint density at radius 3 is 2.71 bits per heavy atom. The van der Waals surface area contributed by atoms with E-state index in [0.29, 0.717) is 21.6 Å². The maximum absolute atomic E-state index is 10.6. The van der Waals surface area contributed by atoms with Crippen LogP contribution in [0.2, 0.25) is 5.02 Å². The highest BCUT2D eigenvalue weighted by Gasteiger charge is 2.04. The van der Waals surface area contributed by atoms with Crippen molar-refractivity contribution in [3.8, 4) is 11.5 Å². The number of nitrogens with zero attached hydrogens (tertiary/aromatic N) is 2. The van der Waals surface area contributed by atoms with Crippen molar-refractivity contribution in [2.45, 2.75) is 0 Å². The van der Waals surface area contributed by atoms with Gasteiger partial charge in [0.2, 0.25) is 0 Å². The zero-order valence-electron chi connectivity index (χ0n) is 12.6. The molecule has 7 nitrogen and oxygen atoms in total. The first-order valence-electron chi connectivity index (χ1n) is 6.99. The lowest BCUT2D eigenvalue weighted by Crippen LogP contribution is -2.34. The number of nitrogens with two attached hydrogens (primary N) is 1. The van der Waals surface area contributed by atoms with Gasteiger partial charge in [-0.05, 0) is 42.0 Å². The summed E-state index contributed by atoms with van der Waals surface area (Å²) < 4.78 is 5.71. The molecular formula is C16H16ClN3O4. The lowest BCUT2D eigenvalue weighted by molar-refractivity contribution is -0.0559. The van der Waals surface area contributed by atoms with Crippen LogP contribution in [0, 0.1) is 0 Å². The van der Waals surface area contributed by atoms with Gasteiger partial charge in [-0.1, -0.05) is 28.9 Å². The van der Waals surface area contributed by atoms with Gasteiger partial charge >= 0.3 is 6.03 Å². The molecule has 2 amide bonds. The SMILES string of the molecule is NC(=O)N(O)CCO/N=C/c1cccc(Oc2ccc(Cl)cc2)c1. The van der Waals surface area contributed by atoms with Crippen molar-refractivity contribution in [3.05, 3.63) is 59.1 Å². The van der Waals surface area contributed by atoms with Crippen LogP contribution in [0.3, 0.4) is 0 Å². The summed E-state index contributed by atoms with van der Waals surface area (Å²) in [5, 5.41) is 13.8. The molecule has 0 spiro atoms. The zero-order chi connectivity index (χ0) is 17.4. The quantitative estimate of drug-likeness (QED) is 0.347. The molecule has 2 aromatic rings. The Hall–Kier alpha value is -2.77. The number of carbonyl (C=O) groups is 1. The first-order chi connectivity index (χ1) is 11.5. The Bertz CT molecular complexity index is 707. The Labute approximate surface area is 143 Å². The second kappa shape index (κ2) is 8.76. The Kier molecular flexibility index (Phi) is 6.41. The normalized spacial score (nSPS) is 10.6. The van der Waals surface area contributed by atoms with Crippen LogP contribution in [0.5, 0.6) is 11.5 Å². The van der Waals surface area contributed by atoms with Gasteiger partial charge in [-0.25, -0.2) is 9.86 Å².